The molecule has 1 unspecified atom stereocenters. The normalized spacial score (nSPS) is 23.8. The molecule has 142 valence electrons. The van der Waals surface area contributed by atoms with Crippen LogP contribution < -0.4 is 9.64 Å². The first-order valence-electron chi connectivity index (χ1n) is 9.57. The zero-order chi connectivity index (χ0) is 19.1. The van der Waals surface area contributed by atoms with Crippen LogP contribution in [0.15, 0.2) is 48.8 Å². The van der Waals surface area contributed by atoms with Gasteiger partial charge in [0.15, 0.2) is 0 Å². The van der Waals surface area contributed by atoms with Gasteiger partial charge in [0.2, 0.25) is 5.91 Å². The van der Waals surface area contributed by atoms with E-state index in [0.717, 1.165) is 43.9 Å². The van der Waals surface area contributed by atoms with E-state index in [9.17, 15) is 4.79 Å². The van der Waals surface area contributed by atoms with E-state index in [1.54, 1.807) is 7.11 Å². The van der Waals surface area contributed by atoms with Crippen LogP contribution in [0.3, 0.4) is 0 Å². The van der Waals surface area contributed by atoms with Gasteiger partial charge in [-0.25, -0.2) is 0 Å². The summed E-state index contributed by atoms with van der Waals surface area (Å²) in [6, 6.07) is 12.1. The van der Waals surface area contributed by atoms with Crippen molar-refractivity contribution >= 4 is 11.6 Å². The molecule has 5 heteroatoms. The molecule has 1 aliphatic heterocycles. The Hall–Kier alpha value is -2.56. The summed E-state index contributed by atoms with van der Waals surface area (Å²) in [5.74, 6) is 1.10. The Morgan fingerprint density at radius 1 is 1.00 bits per heavy atom. The third-order valence-corrected chi connectivity index (χ3v) is 6.28. The lowest BCUT2D eigenvalue weighted by Gasteiger charge is -2.38. The van der Waals surface area contributed by atoms with Crippen molar-refractivity contribution in [3.63, 3.8) is 0 Å². The molecular weight excluding hydrogens is 338 g/mol. The highest BCUT2D eigenvalue weighted by atomic mass is 16.5. The number of ether oxygens (including phenoxy) is 1. The summed E-state index contributed by atoms with van der Waals surface area (Å²) in [5.41, 5.74) is 1.86. The van der Waals surface area contributed by atoms with Crippen molar-refractivity contribution in [3.8, 4) is 5.75 Å². The largest absolute Gasteiger partial charge is 0.497 e. The number of pyridine rings is 1. The van der Waals surface area contributed by atoms with Crippen molar-refractivity contribution in [2.24, 2.45) is 5.41 Å². The van der Waals surface area contributed by atoms with Gasteiger partial charge in [0.05, 0.1) is 12.5 Å². The quantitative estimate of drug-likeness (QED) is 0.835. The molecule has 2 aromatic rings. The second-order valence-electron chi connectivity index (χ2n) is 8.18. The van der Waals surface area contributed by atoms with Crippen molar-refractivity contribution in [1.82, 2.24) is 9.88 Å². The zero-order valence-electron chi connectivity index (χ0n) is 16.3. The Labute approximate surface area is 161 Å². The van der Waals surface area contributed by atoms with Crippen LogP contribution in [0, 0.1) is 5.41 Å². The van der Waals surface area contributed by atoms with E-state index in [1.165, 1.54) is 5.69 Å². The van der Waals surface area contributed by atoms with Gasteiger partial charge in [-0.15, -0.1) is 0 Å². The van der Waals surface area contributed by atoms with Crippen LogP contribution in [0.4, 0.5) is 5.69 Å². The molecule has 4 rings (SSSR count). The van der Waals surface area contributed by atoms with Crippen molar-refractivity contribution in [3.05, 3.63) is 54.4 Å². The maximum absolute atomic E-state index is 13.6. The SMILES string of the molecule is COc1ccc(C2(C(=O)N3CCN(c4ccncc4)CC3)CC2(C)C)cc1. The van der Waals surface area contributed by atoms with Crippen molar-refractivity contribution < 1.29 is 9.53 Å². The molecule has 2 aliphatic rings. The number of methoxy groups -OCH3 is 1. The summed E-state index contributed by atoms with van der Waals surface area (Å²) in [6.45, 7) is 7.62. The van der Waals surface area contributed by atoms with Gasteiger partial charge in [-0.2, -0.15) is 0 Å². The minimum absolute atomic E-state index is 0.0130. The summed E-state index contributed by atoms with van der Waals surface area (Å²) in [4.78, 5) is 22.0. The molecule has 0 radical (unpaired) electrons. The van der Waals surface area contributed by atoms with Gasteiger partial charge in [0.1, 0.15) is 5.75 Å². The summed E-state index contributed by atoms with van der Waals surface area (Å²) in [5, 5.41) is 0. The van der Waals surface area contributed by atoms with Gasteiger partial charge in [0.25, 0.3) is 0 Å². The van der Waals surface area contributed by atoms with Crippen LogP contribution in [0.25, 0.3) is 0 Å². The van der Waals surface area contributed by atoms with E-state index in [-0.39, 0.29) is 11.3 Å². The van der Waals surface area contributed by atoms with Gasteiger partial charge in [-0.1, -0.05) is 26.0 Å². The molecule has 5 nitrogen and oxygen atoms in total. The molecule has 1 aliphatic carbocycles. The lowest BCUT2D eigenvalue weighted by molar-refractivity contribution is -0.135. The highest BCUT2D eigenvalue weighted by molar-refractivity contribution is 5.93. The molecule has 2 fully saturated rings. The number of piperazine rings is 1. The lowest BCUT2D eigenvalue weighted by Crippen LogP contribution is -2.52. The standard InChI is InChI=1S/C22H27N3O2/c1-21(2)16-22(21,17-4-6-19(27-3)7-5-17)20(26)25-14-12-24(13-15-25)18-8-10-23-11-9-18/h4-11H,12-16H2,1-3H3. The smallest absolute Gasteiger partial charge is 0.233 e. The minimum atomic E-state index is -0.405. The number of hydrogen-bond donors (Lipinski definition) is 0. The van der Waals surface area contributed by atoms with Gasteiger partial charge in [0, 0.05) is 44.3 Å². The van der Waals surface area contributed by atoms with Crippen molar-refractivity contribution in [1.29, 1.82) is 0 Å². The summed E-state index contributed by atoms with van der Waals surface area (Å²) in [6.07, 6.45) is 4.53. The first-order valence-corrected chi connectivity index (χ1v) is 9.57. The van der Waals surface area contributed by atoms with Crippen LogP contribution in [0.1, 0.15) is 25.8 Å². The second-order valence-corrected chi connectivity index (χ2v) is 8.18. The number of amides is 1. The molecular formula is C22H27N3O2. The predicted octanol–water partition coefficient (Wildman–Crippen LogP) is 3.11. The average molecular weight is 365 g/mol. The van der Waals surface area contributed by atoms with Gasteiger partial charge in [-0.05, 0) is 41.7 Å². The van der Waals surface area contributed by atoms with E-state index in [0.29, 0.717) is 0 Å². The van der Waals surface area contributed by atoms with Gasteiger partial charge in [-0.3, -0.25) is 9.78 Å². The molecule has 0 bridgehead atoms. The molecule has 1 amide bonds. The first kappa shape index (κ1) is 17.8. The topological polar surface area (TPSA) is 45.7 Å². The van der Waals surface area contributed by atoms with E-state index in [2.05, 4.69) is 40.8 Å². The van der Waals surface area contributed by atoms with E-state index < -0.39 is 5.41 Å². The van der Waals surface area contributed by atoms with Crippen LogP contribution in [-0.2, 0) is 10.2 Å². The Morgan fingerprint density at radius 3 is 2.11 bits per heavy atom. The van der Waals surface area contributed by atoms with Crippen LogP contribution in [-0.4, -0.2) is 49.1 Å². The zero-order valence-corrected chi connectivity index (χ0v) is 16.3. The maximum atomic E-state index is 13.6. The monoisotopic (exact) mass is 365 g/mol. The fraction of sp³-hybridized carbons (Fsp3) is 0.455. The molecule has 0 spiro atoms. The Bertz CT molecular complexity index is 811. The Kier molecular flexibility index (Phi) is 4.33. The second kappa shape index (κ2) is 6.55. The Morgan fingerprint density at radius 2 is 1.59 bits per heavy atom. The number of aromatic nitrogens is 1. The number of rotatable bonds is 4. The number of carbonyl (C=O) groups excluding carboxylic acids is 1. The van der Waals surface area contributed by atoms with E-state index >= 15 is 0 Å². The molecule has 27 heavy (non-hydrogen) atoms. The molecule has 1 aromatic carbocycles. The number of benzene rings is 1. The van der Waals surface area contributed by atoms with Gasteiger partial charge >= 0.3 is 0 Å². The molecule has 2 heterocycles. The van der Waals surface area contributed by atoms with Crippen LogP contribution in [0.2, 0.25) is 0 Å². The molecule has 1 saturated heterocycles. The maximum Gasteiger partial charge on any atom is 0.233 e. The molecule has 1 aromatic heterocycles. The van der Waals surface area contributed by atoms with Crippen molar-refractivity contribution in [2.45, 2.75) is 25.7 Å². The third-order valence-electron chi connectivity index (χ3n) is 6.28. The fourth-order valence-corrected chi connectivity index (χ4v) is 4.47. The fourth-order valence-electron chi connectivity index (χ4n) is 4.47. The molecule has 1 atom stereocenters. The molecule has 1 saturated carbocycles. The number of nitrogens with zero attached hydrogens (tertiary/aromatic N) is 3. The van der Waals surface area contributed by atoms with Crippen LogP contribution in [0.5, 0.6) is 5.75 Å². The highest BCUT2D eigenvalue weighted by Gasteiger charge is 2.68. The number of anilines is 1. The van der Waals surface area contributed by atoms with E-state index in [1.807, 2.05) is 36.7 Å². The minimum Gasteiger partial charge on any atom is -0.497 e. The predicted molar refractivity (Wildman–Crippen MR) is 106 cm³/mol. The van der Waals surface area contributed by atoms with Gasteiger partial charge < -0.3 is 14.5 Å². The lowest BCUT2D eigenvalue weighted by atomic mass is 9.86. The first-order chi connectivity index (χ1) is 13.0. The third kappa shape index (κ3) is 2.95. The Balaban J connectivity index is 1.51. The average Bonchev–Trinajstić information content (AvgIpc) is 3.31. The summed E-state index contributed by atoms with van der Waals surface area (Å²) in [7, 11) is 1.67. The summed E-state index contributed by atoms with van der Waals surface area (Å²) < 4.78 is 5.28. The summed E-state index contributed by atoms with van der Waals surface area (Å²) >= 11 is 0. The highest BCUT2D eigenvalue weighted by Crippen LogP contribution is 2.65. The molecule has 0 N–H and O–H groups in total. The number of hydrogen-bond acceptors (Lipinski definition) is 4. The number of carbonyl (C=O) groups is 1. The van der Waals surface area contributed by atoms with Crippen LogP contribution >= 0.6 is 0 Å². The van der Waals surface area contributed by atoms with E-state index in [4.69, 9.17) is 4.74 Å². The van der Waals surface area contributed by atoms with Crippen molar-refractivity contribution in [2.75, 3.05) is 38.2 Å².